The standard InChI is InChI=1S/C23H22Br2N4O6/c1-4-5-6-20-27-18-8-7-15(24)11-16(18)22(30)28(20)26-12-14-9-17(25)21(19(10-14)29(32)33)35-13(2)23(31)34-3/h7-13H,4-6H2,1-3H3/t13-/m0/s1. The van der Waals surface area contributed by atoms with Gasteiger partial charge in [-0.15, -0.1) is 0 Å². The van der Waals surface area contributed by atoms with Crippen LogP contribution in [0.25, 0.3) is 10.9 Å². The summed E-state index contributed by atoms with van der Waals surface area (Å²) in [5, 5.41) is 16.4. The van der Waals surface area contributed by atoms with Gasteiger partial charge in [-0.2, -0.15) is 9.78 Å². The highest BCUT2D eigenvalue weighted by Crippen LogP contribution is 2.37. The molecule has 0 saturated heterocycles. The Hall–Kier alpha value is -3.12. The van der Waals surface area contributed by atoms with Crippen LogP contribution in [0.4, 0.5) is 5.69 Å². The van der Waals surface area contributed by atoms with Gasteiger partial charge in [0.1, 0.15) is 5.82 Å². The maximum Gasteiger partial charge on any atom is 0.346 e. The van der Waals surface area contributed by atoms with Gasteiger partial charge in [0.15, 0.2) is 6.10 Å². The van der Waals surface area contributed by atoms with E-state index in [1.54, 1.807) is 12.1 Å². The lowest BCUT2D eigenvalue weighted by atomic mass is 10.2. The highest BCUT2D eigenvalue weighted by Gasteiger charge is 2.25. The summed E-state index contributed by atoms with van der Waals surface area (Å²) in [6.45, 7) is 3.46. The molecule has 35 heavy (non-hydrogen) atoms. The molecule has 3 rings (SSSR count). The number of aryl methyl sites for hydroxylation is 1. The van der Waals surface area contributed by atoms with E-state index in [0.29, 0.717) is 28.7 Å². The fraction of sp³-hybridized carbons (Fsp3) is 0.304. The van der Waals surface area contributed by atoms with E-state index in [0.717, 1.165) is 17.3 Å². The van der Waals surface area contributed by atoms with Crippen molar-refractivity contribution in [2.45, 2.75) is 39.2 Å². The first kappa shape index (κ1) is 26.5. The summed E-state index contributed by atoms with van der Waals surface area (Å²) in [6, 6.07) is 8.04. The number of unbranched alkanes of at least 4 members (excludes halogenated alkanes) is 1. The van der Waals surface area contributed by atoms with Crippen LogP contribution in [0.2, 0.25) is 0 Å². The minimum Gasteiger partial charge on any atom is -0.471 e. The average Bonchev–Trinajstić information content (AvgIpc) is 2.83. The highest BCUT2D eigenvalue weighted by atomic mass is 79.9. The summed E-state index contributed by atoms with van der Waals surface area (Å²) in [6.07, 6.45) is 2.54. The van der Waals surface area contributed by atoms with Crippen molar-refractivity contribution in [3.63, 3.8) is 0 Å². The Bertz CT molecular complexity index is 1370. The number of halogens is 2. The topological polar surface area (TPSA) is 126 Å². The fourth-order valence-electron chi connectivity index (χ4n) is 3.25. The van der Waals surface area contributed by atoms with Crippen LogP contribution in [-0.4, -0.2) is 40.0 Å². The minimum atomic E-state index is -1.06. The average molecular weight is 610 g/mol. The smallest absolute Gasteiger partial charge is 0.346 e. The van der Waals surface area contributed by atoms with E-state index in [1.807, 2.05) is 13.0 Å². The van der Waals surface area contributed by atoms with Crippen LogP contribution in [-0.2, 0) is 16.0 Å². The van der Waals surface area contributed by atoms with E-state index in [-0.39, 0.29) is 21.5 Å². The van der Waals surface area contributed by atoms with Crippen molar-refractivity contribution in [2.75, 3.05) is 7.11 Å². The first-order chi connectivity index (χ1) is 16.7. The Kier molecular flexibility index (Phi) is 8.73. The molecule has 2 aromatic carbocycles. The number of methoxy groups -OCH3 is 1. The van der Waals surface area contributed by atoms with Gasteiger partial charge in [-0.3, -0.25) is 14.9 Å². The van der Waals surface area contributed by atoms with Crippen molar-refractivity contribution in [1.29, 1.82) is 0 Å². The second kappa shape index (κ2) is 11.5. The molecule has 1 aromatic heterocycles. The maximum absolute atomic E-state index is 13.2. The van der Waals surface area contributed by atoms with E-state index in [1.165, 1.54) is 37.1 Å². The van der Waals surface area contributed by atoms with Crippen molar-refractivity contribution in [1.82, 2.24) is 9.66 Å². The predicted octanol–water partition coefficient (Wildman–Crippen LogP) is 4.99. The lowest BCUT2D eigenvalue weighted by Crippen LogP contribution is -2.25. The zero-order valence-corrected chi connectivity index (χ0v) is 22.3. The Morgan fingerprint density at radius 3 is 2.71 bits per heavy atom. The second-order valence-electron chi connectivity index (χ2n) is 7.55. The molecular weight excluding hydrogens is 588 g/mol. The van der Waals surface area contributed by atoms with Gasteiger partial charge in [-0.25, -0.2) is 9.78 Å². The van der Waals surface area contributed by atoms with Crippen LogP contribution in [0.1, 0.15) is 38.1 Å². The number of carbonyl (C=O) groups excluding carboxylic acids is 1. The number of nitrogens with zero attached hydrogens (tertiary/aromatic N) is 4. The third kappa shape index (κ3) is 6.12. The third-order valence-corrected chi connectivity index (χ3v) is 6.10. The summed E-state index contributed by atoms with van der Waals surface area (Å²) < 4.78 is 12.3. The van der Waals surface area contributed by atoms with Crippen LogP contribution in [0.15, 0.2) is 49.2 Å². The van der Waals surface area contributed by atoms with Crippen molar-refractivity contribution >= 4 is 60.6 Å². The van der Waals surface area contributed by atoms with Crippen LogP contribution in [0.5, 0.6) is 5.75 Å². The van der Waals surface area contributed by atoms with Crippen LogP contribution in [0.3, 0.4) is 0 Å². The molecule has 0 aliphatic carbocycles. The van der Waals surface area contributed by atoms with Gasteiger partial charge >= 0.3 is 11.7 Å². The monoisotopic (exact) mass is 608 g/mol. The van der Waals surface area contributed by atoms with Gasteiger partial charge in [0.2, 0.25) is 5.75 Å². The molecule has 184 valence electrons. The molecule has 0 N–H and O–H groups in total. The number of nitro benzene ring substituents is 1. The van der Waals surface area contributed by atoms with E-state index in [9.17, 15) is 19.7 Å². The molecule has 3 aromatic rings. The number of hydrogen-bond acceptors (Lipinski definition) is 8. The Balaban J connectivity index is 2.08. The molecule has 0 aliphatic rings. The van der Waals surface area contributed by atoms with E-state index in [4.69, 9.17) is 4.74 Å². The molecule has 1 atom stereocenters. The number of nitro groups is 1. The molecule has 0 bridgehead atoms. The summed E-state index contributed by atoms with van der Waals surface area (Å²) in [5.74, 6) is -0.308. The van der Waals surface area contributed by atoms with Crippen molar-refractivity contribution in [3.8, 4) is 5.75 Å². The van der Waals surface area contributed by atoms with Gasteiger partial charge < -0.3 is 9.47 Å². The Morgan fingerprint density at radius 1 is 1.31 bits per heavy atom. The van der Waals surface area contributed by atoms with Gasteiger partial charge in [0.25, 0.3) is 5.56 Å². The fourth-order valence-corrected chi connectivity index (χ4v) is 4.17. The molecule has 0 fully saturated rings. The number of carbonyl (C=O) groups is 1. The van der Waals surface area contributed by atoms with Gasteiger partial charge in [0, 0.05) is 22.5 Å². The summed E-state index contributed by atoms with van der Waals surface area (Å²) >= 11 is 6.64. The maximum atomic E-state index is 13.2. The van der Waals surface area contributed by atoms with Crippen molar-refractivity contribution < 1.29 is 19.2 Å². The molecule has 0 aliphatic heterocycles. The zero-order chi connectivity index (χ0) is 25.7. The van der Waals surface area contributed by atoms with E-state index in [2.05, 4.69) is 46.7 Å². The van der Waals surface area contributed by atoms with E-state index < -0.39 is 17.0 Å². The molecule has 0 saturated carbocycles. The van der Waals surface area contributed by atoms with Crippen molar-refractivity contribution in [3.05, 3.63) is 71.1 Å². The predicted molar refractivity (Wildman–Crippen MR) is 138 cm³/mol. The summed E-state index contributed by atoms with van der Waals surface area (Å²) in [4.78, 5) is 40.6. The van der Waals surface area contributed by atoms with Crippen LogP contribution < -0.4 is 10.3 Å². The van der Waals surface area contributed by atoms with Crippen LogP contribution in [0, 0.1) is 10.1 Å². The number of hydrogen-bond donors (Lipinski definition) is 0. The molecule has 0 spiro atoms. The SMILES string of the molecule is CCCCc1nc2ccc(Br)cc2c(=O)n1N=Cc1cc(Br)c(O[C@@H](C)C(=O)OC)c([N+](=O)[O-])c1. The van der Waals surface area contributed by atoms with Crippen LogP contribution >= 0.6 is 31.9 Å². The van der Waals surface area contributed by atoms with Crippen molar-refractivity contribution in [2.24, 2.45) is 5.10 Å². The quantitative estimate of drug-likeness (QED) is 0.145. The minimum absolute atomic E-state index is 0.122. The molecule has 10 nitrogen and oxygen atoms in total. The first-order valence-corrected chi connectivity index (χ1v) is 12.2. The number of aromatic nitrogens is 2. The Morgan fingerprint density at radius 2 is 2.06 bits per heavy atom. The van der Waals surface area contributed by atoms with Gasteiger partial charge in [0.05, 0.1) is 33.6 Å². The molecule has 1 heterocycles. The first-order valence-electron chi connectivity index (χ1n) is 10.6. The number of rotatable bonds is 9. The number of ether oxygens (including phenoxy) is 2. The number of esters is 1. The number of benzene rings is 2. The van der Waals surface area contributed by atoms with Gasteiger partial charge in [-0.1, -0.05) is 29.3 Å². The highest BCUT2D eigenvalue weighted by molar-refractivity contribution is 9.10. The third-order valence-electron chi connectivity index (χ3n) is 5.02. The van der Waals surface area contributed by atoms with E-state index >= 15 is 0 Å². The number of fused-ring (bicyclic) bond motifs is 1. The largest absolute Gasteiger partial charge is 0.471 e. The molecular formula is C23H22Br2N4O6. The summed E-state index contributed by atoms with van der Waals surface area (Å²) in [5.41, 5.74) is 0.175. The Labute approximate surface area is 217 Å². The lowest BCUT2D eigenvalue weighted by Gasteiger charge is -2.14. The molecule has 12 heteroatoms. The van der Waals surface area contributed by atoms with Gasteiger partial charge in [-0.05, 0) is 53.5 Å². The normalized spacial score (nSPS) is 12.1. The summed E-state index contributed by atoms with van der Waals surface area (Å²) in [7, 11) is 1.20. The zero-order valence-electron chi connectivity index (χ0n) is 19.2. The second-order valence-corrected chi connectivity index (χ2v) is 9.32. The molecule has 0 unspecified atom stereocenters. The molecule has 0 amide bonds. The molecule has 0 radical (unpaired) electrons. The lowest BCUT2D eigenvalue weighted by molar-refractivity contribution is -0.386.